The maximum Gasteiger partial charge on any atom is 0.317 e. The number of halogens is 1. The fraction of sp³-hybridized carbons (Fsp3) is 0.333. The van der Waals surface area contributed by atoms with E-state index >= 15 is 0 Å². The van der Waals surface area contributed by atoms with Gasteiger partial charge in [-0.05, 0) is 25.0 Å². The van der Waals surface area contributed by atoms with Gasteiger partial charge in [-0.2, -0.15) is 0 Å². The van der Waals surface area contributed by atoms with Crippen LogP contribution in [0.25, 0.3) is 0 Å². The molecule has 16 heavy (non-hydrogen) atoms. The van der Waals surface area contributed by atoms with Crippen molar-refractivity contribution in [2.45, 2.75) is 19.3 Å². The van der Waals surface area contributed by atoms with E-state index in [0.717, 1.165) is 12.5 Å². The molecular formula is C12H11FO3. The number of carboxylic acid groups (broad SMARTS) is 1. The molecule has 4 heteroatoms. The molecule has 1 N–H and O–H groups in total. The Hall–Kier alpha value is -1.71. The zero-order valence-electron chi connectivity index (χ0n) is 8.57. The van der Waals surface area contributed by atoms with E-state index in [0.29, 0.717) is 12.8 Å². The topological polar surface area (TPSA) is 54.4 Å². The second-order valence-electron chi connectivity index (χ2n) is 4.08. The van der Waals surface area contributed by atoms with E-state index in [4.69, 9.17) is 5.11 Å². The van der Waals surface area contributed by atoms with Crippen molar-refractivity contribution in [2.75, 3.05) is 0 Å². The highest BCUT2D eigenvalue weighted by atomic mass is 19.1. The van der Waals surface area contributed by atoms with E-state index in [1.54, 1.807) is 0 Å². The number of carboxylic acids is 1. The molecule has 3 nitrogen and oxygen atoms in total. The van der Waals surface area contributed by atoms with Gasteiger partial charge in [0.15, 0.2) is 5.78 Å². The van der Waals surface area contributed by atoms with E-state index in [-0.39, 0.29) is 5.56 Å². The first-order valence-electron chi connectivity index (χ1n) is 5.10. The van der Waals surface area contributed by atoms with Crippen LogP contribution < -0.4 is 0 Å². The fourth-order valence-corrected chi connectivity index (χ4v) is 1.97. The molecule has 1 saturated carbocycles. The molecule has 0 amide bonds. The predicted octanol–water partition coefficient (Wildman–Crippen LogP) is 2.26. The first kappa shape index (κ1) is 10.8. The third-order valence-electron chi connectivity index (χ3n) is 3.14. The van der Waals surface area contributed by atoms with Crippen LogP contribution in [0, 0.1) is 11.2 Å². The average Bonchev–Trinajstić information content (AvgIpc) is 2.15. The fourth-order valence-electron chi connectivity index (χ4n) is 1.97. The van der Waals surface area contributed by atoms with Gasteiger partial charge in [0.25, 0.3) is 0 Å². The highest BCUT2D eigenvalue weighted by Gasteiger charge is 2.51. The van der Waals surface area contributed by atoms with Gasteiger partial charge in [0, 0.05) is 5.56 Å². The second-order valence-corrected chi connectivity index (χ2v) is 4.08. The molecule has 0 atom stereocenters. The van der Waals surface area contributed by atoms with Crippen LogP contribution >= 0.6 is 0 Å². The summed E-state index contributed by atoms with van der Waals surface area (Å²) in [7, 11) is 0. The summed E-state index contributed by atoms with van der Waals surface area (Å²) in [4.78, 5) is 23.1. The molecule has 0 heterocycles. The molecule has 1 fully saturated rings. The van der Waals surface area contributed by atoms with E-state index in [1.165, 1.54) is 18.2 Å². The quantitative estimate of drug-likeness (QED) is 0.630. The first-order chi connectivity index (χ1) is 7.56. The van der Waals surface area contributed by atoms with Crippen LogP contribution in [-0.2, 0) is 4.79 Å². The number of Topliss-reactive ketones (excluding diaryl/α,β-unsaturated/α-hetero) is 1. The summed E-state index contributed by atoms with van der Waals surface area (Å²) >= 11 is 0. The zero-order chi connectivity index (χ0) is 11.8. The average molecular weight is 222 g/mol. The van der Waals surface area contributed by atoms with Crippen molar-refractivity contribution >= 4 is 11.8 Å². The number of ketones is 1. The molecule has 1 aliphatic rings. The lowest BCUT2D eigenvalue weighted by Gasteiger charge is -2.35. The maximum absolute atomic E-state index is 12.9. The number of aliphatic carboxylic acids is 1. The van der Waals surface area contributed by atoms with Crippen LogP contribution in [-0.4, -0.2) is 16.9 Å². The van der Waals surface area contributed by atoms with Gasteiger partial charge in [0.2, 0.25) is 0 Å². The van der Waals surface area contributed by atoms with Gasteiger partial charge in [-0.25, -0.2) is 4.39 Å². The van der Waals surface area contributed by atoms with E-state index in [2.05, 4.69) is 0 Å². The van der Waals surface area contributed by atoms with Crippen LogP contribution in [0.2, 0.25) is 0 Å². The summed E-state index contributed by atoms with van der Waals surface area (Å²) in [6.45, 7) is 0. The molecule has 0 aromatic heterocycles. The Labute approximate surface area is 91.9 Å². The summed E-state index contributed by atoms with van der Waals surface area (Å²) in [5, 5.41) is 9.07. The van der Waals surface area contributed by atoms with Crippen LogP contribution in [0.5, 0.6) is 0 Å². The lowest BCUT2D eigenvalue weighted by atomic mass is 9.64. The van der Waals surface area contributed by atoms with Gasteiger partial charge in [-0.1, -0.05) is 18.6 Å². The molecule has 1 aromatic carbocycles. The number of rotatable bonds is 3. The van der Waals surface area contributed by atoms with Crippen LogP contribution in [0.3, 0.4) is 0 Å². The molecule has 0 aliphatic heterocycles. The molecule has 1 aliphatic carbocycles. The van der Waals surface area contributed by atoms with Crippen LogP contribution in [0.15, 0.2) is 24.3 Å². The van der Waals surface area contributed by atoms with Crippen LogP contribution in [0.4, 0.5) is 4.39 Å². The monoisotopic (exact) mass is 222 g/mol. The molecule has 0 spiro atoms. The van der Waals surface area contributed by atoms with Gasteiger partial charge in [0.1, 0.15) is 11.2 Å². The molecule has 0 bridgehead atoms. The van der Waals surface area contributed by atoms with Crippen molar-refractivity contribution in [2.24, 2.45) is 5.41 Å². The van der Waals surface area contributed by atoms with Gasteiger partial charge < -0.3 is 5.11 Å². The third-order valence-corrected chi connectivity index (χ3v) is 3.14. The molecule has 84 valence electrons. The van der Waals surface area contributed by atoms with Gasteiger partial charge >= 0.3 is 5.97 Å². The molecule has 0 saturated heterocycles. The van der Waals surface area contributed by atoms with Gasteiger partial charge in [-0.15, -0.1) is 0 Å². The van der Waals surface area contributed by atoms with Gasteiger partial charge in [0.05, 0.1) is 0 Å². The lowest BCUT2D eigenvalue weighted by molar-refractivity contribution is -0.150. The number of carbonyl (C=O) groups excluding carboxylic acids is 1. The van der Waals surface area contributed by atoms with Crippen LogP contribution in [0.1, 0.15) is 29.6 Å². The number of hydrogen-bond donors (Lipinski definition) is 1. The summed E-state index contributed by atoms with van der Waals surface area (Å²) in [5.41, 5.74) is -1.17. The van der Waals surface area contributed by atoms with E-state index in [1.807, 2.05) is 0 Å². The Balaban J connectivity index is 2.35. The van der Waals surface area contributed by atoms with E-state index in [9.17, 15) is 14.0 Å². The van der Waals surface area contributed by atoms with Gasteiger partial charge in [-0.3, -0.25) is 9.59 Å². The number of carbonyl (C=O) groups is 2. The number of benzene rings is 1. The highest BCUT2D eigenvalue weighted by Crippen LogP contribution is 2.43. The Morgan fingerprint density at radius 3 is 2.44 bits per heavy atom. The molecule has 1 aromatic rings. The normalized spacial score (nSPS) is 17.6. The molecule has 2 rings (SSSR count). The van der Waals surface area contributed by atoms with Crippen molar-refractivity contribution in [3.8, 4) is 0 Å². The predicted molar refractivity (Wildman–Crippen MR) is 54.7 cm³/mol. The smallest absolute Gasteiger partial charge is 0.317 e. The highest BCUT2D eigenvalue weighted by molar-refractivity contribution is 6.12. The second kappa shape index (κ2) is 3.70. The summed E-state index contributed by atoms with van der Waals surface area (Å²) < 4.78 is 12.9. The minimum atomic E-state index is -1.31. The largest absolute Gasteiger partial charge is 0.480 e. The molecule has 0 unspecified atom stereocenters. The van der Waals surface area contributed by atoms with Crippen molar-refractivity contribution in [1.82, 2.24) is 0 Å². The third kappa shape index (κ3) is 1.50. The molecular weight excluding hydrogens is 211 g/mol. The first-order valence-corrected chi connectivity index (χ1v) is 5.10. The van der Waals surface area contributed by atoms with Crippen molar-refractivity contribution in [1.29, 1.82) is 0 Å². The minimum absolute atomic E-state index is 0.141. The van der Waals surface area contributed by atoms with Crippen molar-refractivity contribution in [3.05, 3.63) is 35.6 Å². The SMILES string of the molecule is O=C(O)C1(C(=O)c2cccc(F)c2)CCC1. The Kier molecular flexibility index (Phi) is 2.50. The summed E-state index contributed by atoms with van der Waals surface area (Å²) in [6.07, 6.45) is 1.42. The zero-order valence-corrected chi connectivity index (χ0v) is 8.57. The van der Waals surface area contributed by atoms with Crippen molar-refractivity contribution in [3.63, 3.8) is 0 Å². The number of hydrogen-bond acceptors (Lipinski definition) is 2. The van der Waals surface area contributed by atoms with Crippen molar-refractivity contribution < 1.29 is 19.1 Å². The lowest BCUT2D eigenvalue weighted by Crippen LogP contribution is -2.45. The minimum Gasteiger partial charge on any atom is -0.480 e. The Bertz CT molecular complexity index is 449. The Morgan fingerprint density at radius 1 is 1.31 bits per heavy atom. The summed E-state index contributed by atoms with van der Waals surface area (Å²) in [5.74, 6) is -2.11. The maximum atomic E-state index is 12.9. The molecule has 0 radical (unpaired) electrons. The standard InChI is InChI=1S/C12H11FO3/c13-9-4-1-3-8(7-9)10(14)12(11(15)16)5-2-6-12/h1,3-4,7H,2,5-6H2,(H,15,16). The Morgan fingerprint density at radius 2 is 2.00 bits per heavy atom. The van der Waals surface area contributed by atoms with E-state index < -0.39 is 23.0 Å². The summed E-state index contributed by atoms with van der Waals surface area (Å²) in [6, 6.07) is 5.18.